The Labute approximate surface area is 221 Å². The van der Waals surface area contributed by atoms with Gasteiger partial charge in [-0.25, -0.2) is 4.79 Å². The highest BCUT2D eigenvalue weighted by Crippen LogP contribution is 2.36. The van der Waals surface area contributed by atoms with Crippen molar-refractivity contribution in [1.29, 1.82) is 0 Å². The van der Waals surface area contributed by atoms with E-state index < -0.39 is 17.7 Å². The standard InChI is InChI=1S/C26H36N2O3.C2HF3O2/c1-30-25-8-5-7-22(21-25)26(29)13-18-28(19-14-26)23-9-11-24(12-10-23)31-20-6-17-27-15-3-2-4-16-27;3-2(4,5)1(6)7/h5,7-12,21,29H,2-4,6,13-20H2,1H3;(H,6,7). The fourth-order valence-corrected chi connectivity index (χ4v) is 4.75. The molecule has 2 saturated heterocycles. The minimum atomic E-state index is -5.08. The van der Waals surface area contributed by atoms with Crippen LogP contribution in [0.25, 0.3) is 0 Å². The third-order valence-electron chi connectivity index (χ3n) is 6.98. The molecule has 2 aromatic carbocycles. The number of ether oxygens (including phenoxy) is 2. The number of rotatable bonds is 8. The van der Waals surface area contributed by atoms with Crippen LogP contribution in [-0.4, -0.2) is 73.7 Å². The summed E-state index contributed by atoms with van der Waals surface area (Å²) in [5, 5.41) is 18.3. The number of methoxy groups -OCH3 is 1. The number of hydrogen-bond donors (Lipinski definition) is 2. The summed E-state index contributed by atoms with van der Waals surface area (Å²) in [7, 11) is 1.66. The number of carboxylic acid groups (broad SMARTS) is 1. The van der Waals surface area contributed by atoms with E-state index in [2.05, 4.69) is 34.1 Å². The lowest BCUT2D eigenvalue weighted by molar-refractivity contribution is -0.192. The largest absolute Gasteiger partial charge is 0.497 e. The number of likely N-dealkylation sites (tertiary alicyclic amines) is 1. The second-order valence-electron chi connectivity index (χ2n) is 9.65. The molecule has 38 heavy (non-hydrogen) atoms. The zero-order valence-corrected chi connectivity index (χ0v) is 21.8. The Morgan fingerprint density at radius 3 is 2.18 bits per heavy atom. The summed E-state index contributed by atoms with van der Waals surface area (Å²) in [6.45, 7) is 6.05. The van der Waals surface area contributed by atoms with Crippen LogP contribution in [0.15, 0.2) is 48.5 Å². The van der Waals surface area contributed by atoms with E-state index in [1.807, 2.05) is 24.3 Å². The molecule has 2 aliphatic heterocycles. The number of aliphatic hydroxyl groups is 1. The summed E-state index contributed by atoms with van der Waals surface area (Å²) >= 11 is 0. The molecule has 2 aliphatic rings. The van der Waals surface area contributed by atoms with Crippen molar-refractivity contribution in [2.45, 2.75) is 50.3 Å². The van der Waals surface area contributed by atoms with Gasteiger partial charge in [0.25, 0.3) is 0 Å². The average molecular weight is 539 g/mol. The molecular weight excluding hydrogens is 501 g/mol. The highest BCUT2D eigenvalue weighted by atomic mass is 19.4. The summed E-state index contributed by atoms with van der Waals surface area (Å²) in [6, 6.07) is 16.2. The van der Waals surface area contributed by atoms with Crippen LogP contribution in [0.2, 0.25) is 0 Å². The van der Waals surface area contributed by atoms with Crippen molar-refractivity contribution in [1.82, 2.24) is 4.90 Å². The first-order valence-electron chi connectivity index (χ1n) is 13.0. The van der Waals surface area contributed by atoms with Gasteiger partial charge >= 0.3 is 12.1 Å². The molecule has 2 heterocycles. The van der Waals surface area contributed by atoms with Gasteiger partial charge in [0.05, 0.1) is 19.3 Å². The minimum absolute atomic E-state index is 0.703. The molecule has 0 amide bonds. The lowest BCUT2D eigenvalue weighted by Crippen LogP contribution is -2.42. The first-order chi connectivity index (χ1) is 18.1. The normalized spacial score (nSPS) is 17.8. The number of hydrogen-bond acceptors (Lipinski definition) is 6. The van der Waals surface area contributed by atoms with Crippen LogP contribution in [0.4, 0.5) is 18.9 Å². The Kier molecular flexibility index (Phi) is 10.7. The van der Waals surface area contributed by atoms with Crippen LogP contribution in [-0.2, 0) is 10.4 Å². The second-order valence-corrected chi connectivity index (χ2v) is 9.65. The maximum Gasteiger partial charge on any atom is 0.490 e. The van der Waals surface area contributed by atoms with Crippen LogP contribution in [0.5, 0.6) is 11.5 Å². The van der Waals surface area contributed by atoms with Gasteiger partial charge in [0.15, 0.2) is 0 Å². The van der Waals surface area contributed by atoms with Gasteiger partial charge in [0.1, 0.15) is 11.5 Å². The number of benzene rings is 2. The van der Waals surface area contributed by atoms with E-state index in [4.69, 9.17) is 19.4 Å². The van der Waals surface area contributed by atoms with Gasteiger partial charge in [-0.3, -0.25) is 0 Å². The number of carboxylic acids is 1. The van der Waals surface area contributed by atoms with Crippen LogP contribution >= 0.6 is 0 Å². The zero-order valence-electron chi connectivity index (χ0n) is 21.8. The van der Waals surface area contributed by atoms with Gasteiger partial charge < -0.3 is 29.5 Å². The molecular formula is C28H37F3N2O5. The second kappa shape index (κ2) is 13.7. The van der Waals surface area contributed by atoms with Crippen LogP contribution in [0.3, 0.4) is 0 Å². The van der Waals surface area contributed by atoms with E-state index in [0.717, 1.165) is 49.7 Å². The molecule has 2 N–H and O–H groups in total. The van der Waals surface area contributed by atoms with Crippen LogP contribution in [0.1, 0.15) is 44.1 Å². The van der Waals surface area contributed by atoms with Crippen molar-refractivity contribution in [3.63, 3.8) is 0 Å². The van der Waals surface area contributed by atoms with Gasteiger partial charge in [-0.1, -0.05) is 18.6 Å². The van der Waals surface area contributed by atoms with Gasteiger partial charge in [-0.05, 0) is 87.2 Å². The SMILES string of the molecule is COc1cccc(C2(O)CCN(c3ccc(OCCCN4CCCCC4)cc3)CC2)c1.O=C(O)C(F)(F)F. The molecule has 0 aliphatic carbocycles. The Morgan fingerprint density at radius 2 is 1.61 bits per heavy atom. The topological polar surface area (TPSA) is 82.5 Å². The Balaban J connectivity index is 0.000000505. The maximum atomic E-state index is 11.2. The molecule has 2 aromatic rings. The molecule has 2 fully saturated rings. The minimum Gasteiger partial charge on any atom is -0.497 e. The molecule has 0 unspecified atom stereocenters. The first kappa shape index (κ1) is 29.6. The van der Waals surface area contributed by atoms with E-state index in [1.54, 1.807) is 7.11 Å². The summed E-state index contributed by atoms with van der Waals surface area (Å²) in [4.78, 5) is 13.8. The molecule has 0 atom stereocenters. The van der Waals surface area contributed by atoms with Crippen molar-refractivity contribution in [2.24, 2.45) is 0 Å². The predicted octanol–water partition coefficient (Wildman–Crippen LogP) is 5.07. The summed E-state index contributed by atoms with van der Waals surface area (Å²) < 4.78 is 43.0. The highest BCUT2D eigenvalue weighted by Gasteiger charge is 2.38. The number of nitrogens with zero attached hydrogens (tertiary/aromatic N) is 2. The Morgan fingerprint density at radius 1 is 0.974 bits per heavy atom. The molecule has 4 rings (SSSR count). The fourth-order valence-electron chi connectivity index (χ4n) is 4.75. The fraction of sp³-hybridized carbons (Fsp3) is 0.536. The molecule has 0 spiro atoms. The van der Waals surface area contributed by atoms with Gasteiger partial charge in [0.2, 0.25) is 0 Å². The summed E-state index contributed by atoms with van der Waals surface area (Å²) in [5.41, 5.74) is 1.34. The lowest BCUT2D eigenvalue weighted by Gasteiger charge is -2.39. The zero-order chi connectivity index (χ0) is 27.6. The van der Waals surface area contributed by atoms with Crippen molar-refractivity contribution >= 4 is 11.7 Å². The molecule has 0 saturated carbocycles. The van der Waals surface area contributed by atoms with Crippen molar-refractivity contribution < 1.29 is 37.7 Å². The number of anilines is 1. The number of halogens is 3. The molecule has 7 nitrogen and oxygen atoms in total. The Bertz CT molecular complexity index is 1000. The quantitative estimate of drug-likeness (QED) is 0.454. The number of alkyl halides is 3. The molecule has 10 heteroatoms. The van der Waals surface area contributed by atoms with Crippen molar-refractivity contribution in [2.75, 3.05) is 51.3 Å². The average Bonchev–Trinajstić information content (AvgIpc) is 2.92. The monoisotopic (exact) mass is 538 g/mol. The van der Waals surface area contributed by atoms with Crippen LogP contribution in [0, 0.1) is 0 Å². The van der Waals surface area contributed by atoms with E-state index in [9.17, 15) is 18.3 Å². The van der Waals surface area contributed by atoms with Crippen molar-refractivity contribution in [3.05, 3.63) is 54.1 Å². The van der Waals surface area contributed by atoms with Gasteiger partial charge in [-0.2, -0.15) is 13.2 Å². The third kappa shape index (κ3) is 8.80. The summed E-state index contributed by atoms with van der Waals surface area (Å²) in [5.74, 6) is -1.03. The smallest absolute Gasteiger partial charge is 0.490 e. The molecule has 0 bridgehead atoms. The number of aliphatic carboxylic acids is 1. The summed E-state index contributed by atoms with van der Waals surface area (Å²) in [6.07, 6.45) is 1.47. The molecule has 0 radical (unpaired) electrons. The van der Waals surface area contributed by atoms with Gasteiger partial charge in [0, 0.05) is 25.3 Å². The maximum absolute atomic E-state index is 11.2. The number of piperidine rings is 2. The van der Waals surface area contributed by atoms with Crippen LogP contribution < -0.4 is 14.4 Å². The number of carbonyl (C=O) groups is 1. The highest BCUT2D eigenvalue weighted by molar-refractivity contribution is 5.73. The van der Waals surface area contributed by atoms with E-state index >= 15 is 0 Å². The van der Waals surface area contributed by atoms with E-state index in [1.165, 1.54) is 38.0 Å². The van der Waals surface area contributed by atoms with Crippen molar-refractivity contribution in [3.8, 4) is 11.5 Å². The molecule has 210 valence electrons. The molecule has 0 aromatic heterocycles. The van der Waals surface area contributed by atoms with Gasteiger partial charge in [-0.15, -0.1) is 0 Å². The van der Waals surface area contributed by atoms with E-state index in [-0.39, 0.29) is 0 Å². The van der Waals surface area contributed by atoms with E-state index in [0.29, 0.717) is 12.8 Å². The third-order valence-corrected chi connectivity index (χ3v) is 6.98. The predicted molar refractivity (Wildman–Crippen MR) is 139 cm³/mol. The Hall–Kier alpha value is -2.98. The first-order valence-corrected chi connectivity index (χ1v) is 13.0. The lowest BCUT2D eigenvalue weighted by atomic mass is 9.84.